The molecule has 0 amide bonds. The Morgan fingerprint density at radius 2 is 0.857 bits per heavy atom. The molecule has 35 heavy (non-hydrogen) atoms. The van der Waals surface area contributed by atoms with Crippen molar-refractivity contribution in [2.24, 2.45) is 0 Å². The maximum absolute atomic E-state index is 4.87. The van der Waals surface area contributed by atoms with Crippen LogP contribution >= 0.6 is 0 Å². The van der Waals surface area contributed by atoms with Gasteiger partial charge in [0.15, 0.2) is 0 Å². The van der Waals surface area contributed by atoms with Gasteiger partial charge in [0.05, 0.1) is 13.2 Å². The van der Waals surface area contributed by atoms with Gasteiger partial charge in [-0.3, -0.25) is 0 Å². The average molecular weight is 538 g/mol. The molecule has 2 aliphatic carbocycles. The number of hydrogen-bond acceptors (Lipinski definition) is 2. The molecule has 174 valence electrons. The van der Waals surface area contributed by atoms with Gasteiger partial charge in [-0.2, -0.15) is 0 Å². The van der Waals surface area contributed by atoms with Crippen LogP contribution in [0, 0.1) is 0 Å². The van der Waals surface area contributed by atoms with Crippen LogP contribution in [0.4, 0.5) is 0 Å². The van der Waals surface area contributed by atoms with Gasteiger partial charge in [0.2, 0.25) is 0 Å². The third-order valence-electron chi connectivity index (χ3n) is 6.61. The van der Waals surface area contributed by atoms with Gasteiger partial charge in [0, 0.05) is 0 Å². The number of ether oxygens (including phenoxy) is 2. The van der Waals surface area contributed by atoms with Crippen molar-refractivity contribution in [2.75, 3.05) is 13.2 Å². The van der Waals surface area contributed by atoms with Gasteiger partial charge in [-0.25, -0.2) is 0 Å². The number of benzene rings is 4. The van der Waals surface area contributed by atoms with E-state index in [2.05, 4.69) is 104 Å². The van der Waals surface area contributed by atoms with E-state index in [1.807, 2.05) is 13.8 Å². The first-order valence-corrected chi connectivity index (χ1v) is 15.1. The fourth-order valence-corrected chi connectivity index (χ4v) is 10.3. The fourth-order valence-electron chi connectivity index (χ4n) is 5.20. The summed E-state index contributed by atoms with van der Waals surface area (Å²) in [5.74, 6) is 0.412. The Balaban J connectivity index is 0.000000277. The molecule has 0 bridgehead atoms. The number of fused-ring (bicyclic) bond motifs is 6. The minimum atomic E-state index is -0.828. The molecular formula is C32H30O2Zr. The van der Waals surface area contributed by atoms with E-state index in [-0.39, 0.29) is 0 Å². The van der Waals surface area contributed by atoms with Crippen LogP contribution < -0.4 is 0 Å². The third-order valence-corrected chi connectivity index (χ3v) is 11.3. The van der Waals surface area contributed by atoms with Crippen LogP contribution in [0.5, 0.6) is 0 Å². The monoisotopic (exact) mass is 536 g/mol. The van der Waals surface area contributed by atoms with Gasteiger partial charge in [0.1, 0.15) is 0 Å². The molecule has 0 fully saturated rings. The molecule has 4 aromatic rings. The Bertz CT molecular complexity index is 1150. The first-order chi connectivity index (χ1) is 17.2. The number of rotatable bonds is 6. The Kier molecular flexibility index (Phi) is 7.35. The zero-order chi connectivity index (χ0) is 24.2. The Hall–Kier alpha value is -2.90. The first kappa shape index (κ1) is 23.8. The molecule has 0 atom stereocenters. The van der Waals surface area contributed by atoms with Gasteiger partial charge < -0.3 is 9.47 Å². The molecule has 0 unspecified atom stereocenters. The molecule has 0 aliphatic heterocycles. The topological polar surface area (TPSA) is 18.5 Å². The van der Waals surface area contributed by atoms with E-state index < -0.39 is 23.2 Å². The standard InChI is InChI=1S/2C13H9.C6H12O2.Zr/c2*1-3-7-12-10(5-1)9-11-6-2-4-8-13(11)12;1-4-7-6(3)8-5-2;/h2*1-9H;3-5H2,1-2H3;. The van der Waals surface area contributed by atoms with Crippen LogP contribution in [-0.4, -0.2) is 13.2 Å². The molecule has 0 radical (unpaired) electrons. The van der Waals surface area contributed by atoms with E-state index in [9.17, 15) is 0 Å². The van der Waals surface area contributed by atoms with Crippen LogP contribution in [0.1, 0.15) is 43.4 Å². The second-order valence-electron chi connectivity index (χ2n) is 8.62. The van der Waals surface area contributed by atoms with E-state index in [4.69, 9.17) is 9.47 Å². The summed E-state index contributed by atoms with van der Waals surface area (Å²) in [6.45, 7) is 8.52. The van der Waals surface area contributed by atoms with Crippen molar-refractivity contribution < 1.29 is 32.7 Å². The summed E-state index contributed by atoms with van der Waals surface area (Å²) in [5, 5.41) is 0. The van der Waals surface area contributed by atoms with Crippen molar-refractivity contribution >= 4 is 0 Å². The third kappa shape index (κ3) is 4.67. The molecular weight excluding hydrogens is 508 g/mol. The predicted molar refractivity (Wildman–Crippen MR) is 140 cm³/mol. The quantitative estimate of drug-likeness (QED) is 0.231. The van der Waals surface area contributed by atoms with E-state index >= 15 is 0 Å². The zero-order valence-electron chi connectivity index (χ0n) is 20.3. The Labute approximate surface area is 220 Å². The molecule has 6 rings (SSSR count). The molecule has 3 heteroatoms. The summed E-state index contributed by atoms with van der Waals surface area (Å²) in [4.78, 5) is 0. The van der Waals surface area contributed by atoms with Crippen LogP contribution in [0.3, 0.4) is 0 Å². The van der Waals surface area contributed by atoms with E-state index in [1.54, 1.807) is 22.3 Å². The van der Waals surface area contributed by atoms with Crippen LogP contribution in [0.2, 0.25) is 0 Å². The van der Waals surface area contributed by atoms with Gasteiger partial charge in [-0.05, 0) is 20.4 Å². The normalized spacial score (nSPS) is 13.0. The molecule has 0 saturated heterocycles. The van der Waals surface area contributed by atoms with Gasteiger partial charge in [0.25, 0.3) is 5.95 Å². The van der Waals surface area contributed by atoms with E-state index in [0.29, 0.717) is 26.4 Å². The van der Waals surface area contributed by atoms with Crippen molar-refractivity contribution in [3.8, 4) is 22.3 Å². The molecule has 2 aliphatic rings. The second-order valence-corrected chi connectivity index (χ2v) is 12.3. The minimum absolute atomic E-state index is 0.412. The van der Waals surface area contributed by atoms with E-state index in [1.165, 1.54) is 22.3 Å². The van der Waals surface area contributed by atoms with Crippen LogP contribution in [0.15, 0.2) is 110 Å². The van der Waals surface area contributed by atoms with Crippen LogP contribution in [-0.2, 0) is 32.7 Å². The van der Waals surface area contributed by atoms with E-state index in [0.717, 1.165) is 0 Å². The van der Waals surface area contributed by atoms with Crippen molar-refractivity contribution in [3.63, 3.8) is 0 Å². The summed E-state index contributed by atoms with van der Waals surface area (Å²) >= 11 is -0.828. The molecule has 4 aromatic carbocycles. The molecule has 0 spiro atoms. The SMILES string of the molecule is C=C(OCC)OCC.c1ccc2c(c1)-c1ccccc1[CH]2[Zr][CH]1c2ccccc2-c2ccccc21. The summed E-state index contributed by atoms with van der Waals surface area (Å²) in [7, 11) is 0. The molecule has 0 aromatic heterocycles. The second kappa shape index (κ2) is 10.8. The van der Waals surface area contributed by atoms with Crippen molar-refractivity contribution in [1.82, 2.24) is 0 Å². The first-order valence-electron chi connectivity index (χ1n) is 12.3. The maximum atomic E-state index is 4.87. The van der Waals surface area contributed by atoms with Crippen molar-refractivity contribution in [3.05, 3.63) is 132 Å². The van der Waals surface area contributed by atoms with Crippen molar-refractivity contribution in [2.45, 2.75) is 21.1 Å². The van der Waals surface area contributed by atoms with Crippen LogP contribution in [0.25, 0.3) is 22.3 Å². The summed E-state index contributed by atoms with van der Waals surface area (Å²) in [6.07, 6.45) is 0. The predicted octanol–water partition coefficient (Wildman–Crippen LogP) is 8.14. The summed E-state index contributed by atoms with van der Waals surface area (Å²) < 4.78 is 11.0. The summed E-state index contributed by atoms with van der Waals surface area (Å²) in [6, 6.07) is 36.3. The molecule has 0 N–H and O–H groups in total. The zero-order valence-corrected chi connectivity index (χ0v) is 22.8. The Morgan fingerprint density at radius 1 is 0.571 bits per heavy atom. The van der Waals surface area contributed by atoms with Crippen molar-refractivity contribution in [1.29, 1.82) is 0 Å². The Morgan fingerprint density at radius 3 is 1.14 bits per heavy atom. The number of hydrogen-bond donors (Lipinski definition) is 0. The average Bonchev–Trinajstić information content (AvgIpc) is 3.39. The summed E-state index contributed by atoms with van der Waals surface area (Å²) in [5.41, 5.74) is 12.1. The molecule has 2 nitrogen and oxygen atoms in total. The molecule has 0 heterocycles. The van der Waals surface area contributed by atoms with Gasteiger partial charge in [-0.1, -0.05) is 0 Å². The molecule has 0 saturated carbocycles. The van der Waals surface area contributed by atoms with Gasteiger partial charge in [-0.15, -0.1) is 0 Å². The van der Waals surface area contributed by atoms with Gasteiger partial charge >= 0.3 is 172 Å². The fraction of sp³-hybridized carbons (Fsp3) is 0.188.